The van der Waals surface area contributed by atoms with E-state index in [1.54, 1.807) is 6.08 Å². The number of rotatable bonds is 2. The van der Waals surface area contributed by atoms with Gasteiger partial charge in [0.05, 0.1) is 4.91 Å². The lowest BCUT2D eigenvalue weighted by molar-refractivity contribution is -0.115. The number of imide groups is 1. The van der Waals surface area contributed by atoms with Gasteiger partial charge in [-0.15, -0.1) is 0 Å². The first-order valence-electron chi connectivity index (χ1n) is 6.91. The van der Waals surface area contributed by atoms with Gasteiger partial charge in [0.15, 0.2) is 0 Å². The summed E-state index contributed by atoms with van der Waals surface area (Å²) in [6.07, 6.45) is 1.80. The lowest BCUT2D eigenvalue weighted by Crippen LogP contribution is -2.44. The topological polar surface area (TPSA) is 52.6 Å². The summed E-state index contributed by atoms with van der Waals surface area (Å²) >= 11 is 0.959. The van der Waals surface area contributed by atoms with Gasteiger partial charge in [-0.1, -0.05) is 18.2 Å². The molecule has 0 unspecified atom stereocenters. The molecule has 2 fully saturated rings. The van der Waals surface area contributed by atoms with Crippen LogP contribution in [-0.4, -0.2) is 49.3 Å². The fourth-order valence-corrected chi connectivity index (χ4v) is 3.18. The number of piperazine rings is 1. The van der Waals surface area contributed by atoms with Crippen LogP contribution in [0.4, 0.5) is 10.5 Å². The van der Waals surface area contributed by atoms with E-state index in [9.17, 15) is 9.59 Å². The van der Waals surface area contributed by atoms with E-state index < -0.39 is 0 Å². The fraction of sp³-hybridized carbons (Fsp3) is 0.333. The van der Waals surface area contributed by atoms with E-state index >= 15 is 0 Å². The van der Waals surface area contributed by atoms with E-state index in [2.05, 4.69) is 28.2 Å². The molecule has 1 N–H and O–H groups in total. The smallest absolute Gasteiger partial charge is 0.290 e. The first kappa shape index (κ1) is 14.2. The van der Waals surface area contributed by atoms with Gasteiger partial charge in [-0.05, 0) is 36.5 Å². The van der Waals surface area contributed by atoms with Crippen molar-refractivity contribution in [3.8, 4) is 0 Å². The number of carbonyl (C=O) groups excluding carboxylic acids is 2. The summed E-state index contributed by atoms with van der Waals surface area (Å²) in [5, 5.41) is 1.99. The second-order valence-electron chi connectivity index (χ2n) is 5.20. The van der Waals surface area contributed by atoms with Crippen molar-refractivity contribution in [2.75, 3.05) is 38.1 Å². The molecule has 1 aromatic rings. The number of hydrogen-bond donors (Lipinski definition) is 1. The summed E-state index contributed by atoms with van der Waals surface area (Å²) < 4.78 is 0. The molecule has 1 aromatic carbocycles. The molecule has 3 rings (SSSR count). The van der Waals surface area contributed by atoms with E-state index in [0.717, 1.165) is 49.2 Å². The van der Waals surface area contributed by atoms with Crippen molar-refractivity contribution in [2.45, 2.75) is 0 Å². The minimum atomic E-state index is -0.307. The monoisotopic (exact) mass is 303 g/mol. The summed E-state index contributed by atoms with van der Waals surface area (Å²) in [6, 6.07) is 8.00. The van der Waals surface area contributed by atoms with Crippen molar-refractivity contribution in [1.82, 2.24) is 10.2 Å². The highest BCUT2D eigenvalue weighted by Gasteiger charge is 2.25. The van der Waals surface area contributed by atoms with Crippen LogP contribution in [0.25, 0.3) is 6.08 Å². The zero-order valence-electron chi connectivity index (χ0n) is 11.8. The molecule has 0 bridgehead atoms. The molecule has 0 radical (unpaired) electrons. The van der Waals surface area contributed by atoms with Gasteiger partial charge < -0.3 is 9.80 Å². The quantitative estimate of drug-likeness (QED) is 0.844. The molecule has 2 saturated heterocycles. The van der Waals surface area contributed by atoms with Crippen molar-refractivity contribution in [3.05, 3.63) is 34.7 Å². The van der Waals surface area contributed by atoms with Gasteiger partial charge >= 0.3 is 0 Å². The maximum Gasteiger partial charge on any atom is 0.290 e. The van der Waals surface area contributed by atoms with Gasteiger partial charge in [0.2, 0.25) is 0 Å². The molecule has 0 saturated carbocycles. The molecule has 2 aliphatic heterocycles. The third kappa shape index (κ3) is 3.11. The van der Waals surface area contributed by atoms with Gasteiger partial charge in [0.25, 0.3) is 11.1 Å². The maximum absolute atomic E-state index is 11.7. The number of likely N-dealkylation sites (N-methyl/N-ethyl adjacent to an activating group) is 1. The molecule has 6 heteroatoms. The summed E-state index contributed by atoms with van der Waals surface area (Å²) in [4.78, 5) is 28.0. The van der Waals surface area contributed by atoms with Crippen LogP contribution in [0.15, 0.2) is 29.2 Å². The SMILES string of the molecule is CN1CCN(c2ccccc2/C=C2\SC(=O)NC2=O)CC1. The van der Waals surface area contributed by atoms with E-state index in [0.29, 0.717) is 4.91 Å². The number of nitrogens with one attached hydrogen (secondary N) is 1. The molecule has 2 aliphatic rings. The Bertz CT molecular complexity index is 607. The first-order valence-corrected chi connectivity index (χ1v) is 7.72. The Morgan fingerprint density at radius 3 is 2.52 bits per heavy atom. The number of anilines is 1. The van der Waals surface area contributed by atoms with Crippen molar-refractivity contribution in [3.63, 3.8) is 0 Å². The fourth-order valence-electron chi connectivity index (χ4n) is 2.51. The lowest BCUT2D eigenvalue weighted by Gasteiger charge is -2.34. The van der Waals surface area contributed by atoms with Crippen LogP contribution < -0.4 is 10.2 Å². The second-order valence-corrected chi connectivity index (χ2v) is 6.22. The van der Waals surface area contributed by atoms with Crippen LogP contribution in [0.3, 0.4) is 0 Å². The van der Waals surface area contributed by atoms with Crippen LogP contribution in [-0.2, 0) is 4.79 Å². The first-order chi connectivity index (χ1) is 10.1. The van der Waals surface area contributed by atoms with Gasteiger partial charge in [-0.2, -0.15) is 0 Å². The summed E-state index contributed by atoms with van der Waals surface area (Å²) in [6.45, 7) is 3.99. The average Bonchev–Trinajstić information content (AvgIpc) is 2.79. The number of benzene rings is 1. The Kier molecular flexibility index (Phi) is 3.98. The van der Waals surface area contributed by atoms with Crippen molar-refractivity contribution < 1.29 is 9.59 Å². The Hall–Kier alpha value is -1.79. The number of carbonyl (C=O) groups is 2. The second kappa shape index (κ2) is 5.91. The lowest BCUT2D eigenvalue weighted by atomic mass is 10.1. The maximum atomic E-state index is 11.7. The summed E-state index contributed by atoms with van der Waals surface area (Å²) in [7, 11) is 2.12. The zero-order valence-corrected chi connectivity index (χ0v) is 12.7. The predicted molar refractivity (Wildman–Crippen MR) is 85.3 cm³/mol. The van der Waals surface area contributed by atoms with E-state index in [1.807, 2.05) is 18.2 Å². The van der Waals surface area contributed by atoms with Crippen LogP contribution in [0, 0.1) is 0 Å². The minimum absolute atomic E-state index is 0.302. The zero-order chi connectivity index (χ0) is 14.8. The van der Waals surface area contributed by atoms with Crippen LogP contribution in [0.1, 0.15) is 5.56 Å². The van der Waals surface area contributed by atoms with Gasteiger partial charge in [-0.3, -0.25) is 14.9 Å². The highest BCUT2D eigenvalue weighted by Crippen LogP contribution is 2.29. The van der Waals surface area contributed by atoms with E-state index in [-0.39, 0.29) is 11.1 Å². The van der Waals surface area contributed by atoms with E-state index in [1.165, 1.54) is 0 Å². The molecule has 2 heterocycles. The Morgan fingerprint density at radius 2 is 1.86 bits per heavy atom. The van der Waals surface area contributed by atoms with Crippen LogP contribution >= 0.6 is 11.8 Å². The van der Waals surface area contributed by atoms with Crippen molar-refractivity contribution >= 4 is 34.7 Å². The highest BCUT2D eigenvalue weighted by atomic mass is 32.2. The minimum Gasteiger partial charge on any atom is -0.368 e. The Morgan fingerprint density at radius 1 is 1.14 bits per heavy atom. The van der Waals surface area contributed by atoms with Crippen LogP contribution in [0.2, 0.25) is 0 Å². The molecular weight excluding hydrogens is 286 g/mol. The molecule has 0 atom stereocenters. The largest absolute Gasteiger partial charge is 0.368 e. The van der Waals surface area contributed by atoms with Crippen molar-refractivity contribution in [1.29, 1.82) is 0 Å². The highest BCUT2D eigenvalue weighted by molar-refractivity contribution is 8.18. The number of hydrogen-bond acceptors (Lipinski definition) is 5. The Balaban J connectivity index is 1.88. The third-order valence-electron chi connectivity index (χ3n) is 3.71. The molecular formula is C15H17N3O2S. The van der Waals surface area contributed by atoms with Gasteiger partial charge in [0, 0.05) is 31.9 Å². The number of para-hydroxylation sites is 1. The number of amides is 2. The summed E-state index contributed by atoms with van der Waals surface area (Å²) in [5.41, 5.74) is 2.10. The molecule has 21 heavy (non-hydrogen) atoms. The molecule has 0 spiro atoms. The molecule has 110 valence electrons. The molecule has 5 nitrogen and oxygen atoms in total. The van der Waals surface area contributed by atoms with Gasteiger partial charge in [0.1, 0.15) is 0 Å². The average molecular weight is 303 g/mol. The number of thioether (sulfide) groups is 1. The third-order valence-corrected chi connectivity index (χ3v) is 4.52. The summed E-state index contributed by atoms with van der Waals surface area (Å²) in [5.74, 6) is -0.307. The van der Waals surface area contributed by atoms with Crippen LogP contribution in [0.5, 0.6) is 0 Å². The molecule has 2 amide bonds. The Labute approximate surface area is 128 Å². The normalized spacial score (nSPS) is 22.0. The molecule has 0 aromatic heterocycles. The number of nitrogens with zero attached hydrogens (tertiary/aromatic N) is 2. The van der Waals surface area contributed by atoms with Crippen molar-refractivity contribution in [2.24, 2.45) is 0 Å². The predicted octanol–water partition coefficient (Wildman–Crippen LogP) is 1.76. The molecule has 0 aliphatic carbocycles. The standard InChI is InChI=1S/C15H17N3O2S/c1-17-6-8-18(9-7-17)12-5-3-2-4-11(12)10-13-14(19)16-15(20)21-13/h2-5,10H,6-9H2,1H3,(H,16,19,20)/b13-10-. The van der Waals surface area contributed by atoms with E-state index in [4.69, 9.17) is 0 Å². The van der Waals surface area contributed by atoms with Gasteiger partial charge in [-0.25, -0.2) is 0 Å².